The van der Waals surface area contributed by atoms with Gasteiger partial charge in [-0.2, -0.15) is 5.10 Å². The van der Waals surface area contributed by atoms with E-state index in [1.807, 2.05) is 17.1 Å². The van der Waals surface area contributed by atoms with Crippen LogP contribution in [0.3, 0.4) is 0 Å². The maximum atomic E-state index is 4.35. The molecule has 4 nitrogen and oxygen atoms in total. The highest BCUT2D eigenvalue weighted by atomic mass is 79.9. The van der Waals surface area contributed by atoms with Gasteiger partial charge < -0.3 is 5.32 Å². The van der Waals surface area contributed by atoms with Crippen molar-refractivity contribution >= 4 is 32.4 Å². The van der Waals surface area contributed by atoms with Crippen molar-refractivity contribution in [3.8, 4) is 0 Å². The Labute approximate surface area is 113 Å². The lowest BCUT2D eigenvalue weighted by Crippen LogP contribution is -1.99. The van der Waals surface area contributed by atoms with Crippen LogP contribution in [0.5, 0.6) is 0 Å². The van der Waals surface area contributed by atoms with E-state index in [4.69, 9.17) is 0 Å². The Hall–Kier alpha value is -0.880. The van der Waals surface area contributed by atoms with Gasteiger partial charge in [0.1, 0.15) is 0 Å². The Bertz CT molecular complexity index is 465. The van der Waals surface area contributed by atoms with Crippen LogP contribution in [0.1, 0.15) is 24.6 Å². The number of anilines is 1. The van der Waals surface area contributed by atoms with Crippen LogP contribution in [0.15, 0.2) is 23.1 Å². The number of rotatable bonds is 6. The van der Waals surface area contributed by atoms with Gasteiger partial charge in [0.2, 0.25) is 0 Å². The van der Waals surface area contributed by atoms with Gasteiger partial charge >= 0.3 is 0 Å². The van der Waals surface area contributed by atoms with E-state index in [1.165, 1.54) is 17.7 Å². The standard InChI is InChI=1S/C11H15BrN4S/c1-2-3-4-13-11-14-6-10(17-11)8-16-7-9(12)5-15-16/h5-7H,2-4,8H2,1H3,(H,13,14). The molecule has 17 heavy (non-hydrogen) atoms. The normalized spacial score (nSPS) is 10.7. The number of unbranched alkanes of at least 4 members (excludes halogenated alkanes) is 1. The van der Waals surface area contributed by atoms with E-state index >= 15 is 0 Å². The van der Waals surface area contributed by atoms with E-state index in [9.17, 15) is 0 Å². The van der Waals surface area contributed by atoms with Crippen molar-refractivity contribution in [2.45, 2.75) is 26.3 Å². The molecule has 0 aliphatic heterocycles. The molecule has 0 saturated heterocycles. The minimum absolute atomic E-state index is 0.777. The number of hydrogen-bond donors (Lipinski definition) is 1. The Morgan fingerprint density at radius 1 is 1.47 bits per heavy atom. The van der Waals surface area contributed by atoms with Crippen LogP contribution in [0.25, 0.3) is 0 Å². The molecule has 0 unspecified atom stereocenters. The highest BCUT2D eigenvalue weighted by Gasteiger charge is 2.03. The summed E-state index contributed by atoms with van der Waals surface area (Å²) in [4.78, 5) is 5.55. The van der Waals surface area contributed by atoms with Crippen molar-refractivity contribution in [3.05, 3.63) is 27.9 Å². The van der Waals surface area contributed by atoms with Gasteiger partial charge in [-0.25, -0.2) is 4.98 Å². The summed E-state index contributed by atoms with van der Waals surface area (Å²) in [5, 5.41) is 8.55. The van der Waals surface area contributed by atoms with Crippen LogP contribution in [0.2, 0.25) is 0 Å². The molecule has 2 aromatic rings. The Kier molecular flexibility index (Phi) is 4.56. The zero-order valence-electron chi connectivity index (χ0n) is 9.69. The molecule has 92 valence electrons. The Morgan fingerprint density at radius 2 is 2.35 bits per heavy atom. The molecule has 2 rings (SSSR count). The lowest BCUT2D eigenvalue weighted by Gasteiger charge is -1.99. The summed E-state index contributed by atoms with van der Waals surface area (Å²) in [6, 6.07) is 0. The number of nitrogens with zero attached hydrogens (tertiary/aromatic N) is 3. The second-order valence-corrected chi connectivity index (χ2v) is 5.80. The van der Waals surface area contributed by atoms with Gasteiger partial charge in [-0.1, -0.05) is 13.3 Å². The smallest absolute Gasteiger partial charge is 0.182 e. The van der Waals surface area contributed by atoms with E-state index in [1.54, 1.807) is 17.5 Å². The van der Waals surface area contributed by atoms with Crippen molar-refractivity contribution in [1.82, 2.24) is 14.8 Å². The van der Waals surface area contributed by atoms with Gasteiger partial charge in [0.15, 0.2) is 5.13 Å². The molecule has 6 heteroatoms. The molecule has 0 spiro atoms. The third kappa shape index (κ3) is 3.81. The minimum atomic E-state index is 0.777. The zero-order valence-corrected chi connectivity index (χ0v) is 12.1. The van der Waals surface area contributed by atoms with Crippen molar-refractivity contribution < 1.29 is 0 Å². The minimum Gasteiger partial charge on any atom is -0.362 e. The highest BCUT2D eigenvalue weighted by molar-refractivity contribution is 9.10. The van der Waals surface area contributed by atoms with Crippen molar-refractivity contribution in [2.24, 2.45) is 0 Å². The van der Waals surface area contributed by atoms with Crippen LogP contribution >= 0.6 is 27.3 Å². The van der Waals surface area contributed by atoms with E-state index in [2.05, 4.69) is 38.3 Å². The number of aromatic nitrogens is 3. The fourth-order valence-corrected chi connectivity index (χ4v) is 2.58. The molecule has 1 N–H and O–H groups in total. The SMILES string of the molecule is CCCCNc1ncc(Cn2cc(Br)cn2)s1. The molecule has 0 atom stereocenters. The second-order valence-electron chi connectivity index (χ2n) is 3.77. The summed E-state index contributed by atoms with van der Waals surface area (Å²) < 4.78 is 2.90. The first-order valence-corrected chi connectivity index (χ1v) is 7.25. The molecule has 0 radical (unpaired) electrons. The number of nitrogens with one attached hydrogen (secondary N) is 1. The van der Waals surface area contributed by atoms with Gasteiger partial charge in [0.25, 0.3) is 0 Å². The monoisotopic (exact) mass is 314 g/mol. The largest absolute Gasteiger partial charge is 0.362 e. The molecule has 0 fully saturated rings. The zero-order chi connectivity index (χ0) is 12.1. The first-order valence-electron chi connectivity index (χ1n) is 5.64. The van der Waals surface area contributed by atoms with E-state index in [-0.39, 0.29) is 0 Å². The molecule has 0 aliphatic carbocycles. The maximum Gasteiger partial charge on any atom is 0.182 e. The van der Waals surface area contributed by atoms with Crippen LogP contribution in [0, 0.1) is 0 Å². The number of thiazole rings is 1. The van der Waals surface area contributed by atoms with Gasteiger partial charge in [0.05, 0.1) is 17.2 Å². The number of halogens is 1. The second kappa shape index (κ2) is 6.16. The first kappa shape index (κ1) is 12.6. The van der Waals surface area contributed by atoms with Gasteiger partial charge in [-0.05, 0) is 22.4 Å². The van der Waals surface area contributed by atoms with E-state index in [0.717, 1.165) is 22.7 Å². The molecule has 0 aromatic carbocycles. The molecule has 0 aliphatic rings. The molecule has 0 bridgehead atoms. The first-order chi connectivity index (χ1) is 8.28. The average molecular weight is 315 g/mol. The summed E-state index contributed by atoms with van der Waals surface area (Å²) in [7, 11) is 0. The third-order valence-corrected chi connectivity index (χ3v) is 3.63. The van der Waals surface area contributed by atoms with Crippen LogP contribution < -0.4 is 5.32 Å². The van der Waals surface area contributed by atoms with Crippen molar-refractivity contribution in [1.29, 1.82) is 0 Å². The molecular formula is C11H15BrN4S. The predicted molar refractivity (Wildman–Crippen MR) is 74.5 cm³/mol. The summed E-state index contributed by atoms with van der Waals surface area (Å²) >= 11 is 5.07. The molecular weight excluding hydrogens is 300 g/mol. The van der Waals surface area contributed by atoms with Gasteiger partial charge in [-0.3, -0.25) is 4.68 Å². The van der Waals surface area contributed by atoms with E-state index in [0.29, 0.717) is 0 Å². The molecule has 0 saturated carbocycles. The molecule has 0 amide bonds. The predicted octanol–water partition coefficient (Wildman–Crippen LogP) is 3.36. The van der Waals surface area contributed by atoms with Crippen molar-refractivity contribution in [3.63, 3.8) is 0 Å². The summed E-state index contributed by atoms with van der Waals surface area (Å²) in [5.41, 5.74) is 0. The summed E-state index contributed by atoms with van der Waals surface area (Å²) in [6.45, 7) is 3.96. The molecule has 2 heterocycles. The van der Waals surface area contributed by atoms with Crippen LogP contribution in [-0.4, -0.2) is 21.3 Å². The quantitative estimate of drug-likeness (QED) is 0.831. The summed E-state index contributed by atoms with van der Waals surface area (Å²) in [5.74, 6) is 0. The molecule has 2 aromatic heterocycles. The third-order valence-electron chi connectivity index (χ3n) is 2.28. The lowest BCUT2D eigenvalue weighted by molar-refractivity contribution is 0.693. The fourth-order valence-electron chi connectivity index (χ4n) is 1.42. The summed E-state index contributed by atoms with van der Waals surface area (Å²) in [6.07, 6.45) is 8.05. The maximum absolute atomic E-state index is 4.35. The Morgan fingerprint density at radius 3 is 3.06 bits per heavy atom. The van der Waals surface area contributed by atoms with Gasteiger partial charge in [0, 0.05) is 23.8 Å². The fraction of sp³-hybridized carbons (Fsp3) is 0.455. The van der Waals surface area contributed by atoms with Gasteiger partial charge in [-0.15, -0.1) is 11.3 Å². The lowest BCUT2D eigenvalue weighted by atomic mass is 10.3. The number of hydrogen-bond acceptors (Lipinski definition) is 4. The van der Waals surface area contributed by atoms with Crippen LogP contribution in [0.4, 0.5) is 5.13 Å². The van der Waals surface area contributed by atoms with Crippen LogP contribution in [-0.2, 0) is 6.54 Å². The van der Waals surface area contributed by atoms with Crippen molar-refractivity contribution in [2.75, 3.05) is 11.9 Å². The average Bonchev–Trinajstić information content (AvgIpc) is 2.90. The Balaban J connectivity index is 1.89. The topological polar surface area (TPSA) is 42.7 Å². The highest BCUT2D eigenvalue weighted by Crippen LogP contribution is 2.19. The van der Waals surface area contributed by atoms with E-state index < -0.39 is 0 Å².